The Balaban J connectivity index is 1.89. The van der Waals surface area contributed by atoms with Crippen LogP contribution >= 0.6 is 11.6 Å². The molecule has 0 radical (unpaired) electrons. The van der Waals surface area contributed by atoms with Crippen molar-refractivity contribution in [1.82, 2.24) is 4.31 Å². The topological polar surface area (TPSA) is 92.8 Å². The molecule has 0 saturated carbocycles. The van der Waals surface area contributed by atoms with Gasteiger partial charge in [0, 0.05) is 17.3 Å². The van der Waals surface area contributed by atoms with Crippen LogP contribution in [0, 0.1) is 6.92 Å². The number of nitrogens with zero attached hydrogens (tertiary/aromatic N) is 1. The standard InChI is InChI=1S/C15H19ClN2O5S/c1-10-5-6-11(8-12(10)16)17-14(19)9-23-15(20)13-4-3-7-18(13)24(2,21)22/h5-6,8,13H,3-4,7,9H2,1-2H3,(H,17,19)/t13-/m0/s1. The van der Waals surface area contributed by atoms with E-state index in [0.29, 0.717) is 23.6 Å². The van der Waals surface area contributed by atoms with Crippen molar-refractivity contribution in [2.24, 2.45) is 0 Å². The maximum absolute atomic E-state index is 12.0. The summed E-state index contributed by atoms with van der Waals surface area (Å²) in [6.45, 7) is 1.63. The first-order chi connectivity index (χ1) is 11.2. The van der Waals surface area contributed by atoms with Crippen molar-refractivity contribution in [1.29, 1.82) is 0 Å². The molecule has 1 aliphatic heterocycles. The largest absolute Gasteiger partial charge is 0.454 e. The Morgan fingerprint density at radius 2 is 2.12 bits per heavy atom. The third-order valence-corrected chi connectivity index (χ3v) is 5.40. The molecule has 0 spiro atoms. The second kappa shape index (κ2) is 7.50. The molecule has 1 aromatic rings. The number of aryl methyl sites for hydroxylation is 1. The number of carbonyl (C=O) groups excluding carboxylic acids is 2. The van der Waals surface area contributed by atoms with Crippen LogP contribution in [-0.4, -0.2) is 50.0 Å². The molecule has 0 bridgehead atoms. The van der Waals surface area contributed by atoms with Crippen LogP contribution in [0.15, 0.2) is 18.2 Å². The molecule has 1 amide bonds. The average molecular weight is 375 g/mol. The van der Waals surface area contributed by atoms with Crippen LogP contribution < -0.4 is 5.32 Å². The molecule has 1 fully saturated rings. The van der Waals surface area contributed by atoms with Gasteiger partial charge in [-0.25, -0.2) is 8.42 Å². The molecular formula is C15H19ClN2O5S. The smallest absolute Gasteiger partial charge is 0.324 e. The number of hydrogen-bond acceptors (Lipinski definition) is 5. The first kappa shape index (κ1) is 18.7. The number of esters is 1. The highest BCUT2D eigenvalue weighted by Gasteiger charge is 2.37. The first-order valence-electron chi connectivity index (χ1n) is 7.38. The summed E-state index contributed by atoms with van der Waals surface area (Å²) in [4.78, 5) is 23.9. The van der Waals surface area contributed by atoms with E-state index in [1.165, 1.54) is 0 Å². The summed E-state index contributed by atoms with van der Waals surface area (Å²) in [7, 11) is -3.48. The number of carbonyl (C=O) groups is 2. The molecule has 1 aromatic carbocycles. The van der Waals surface area contributed by atoms with E-state index < -0.39 is 34.5 Å². The highest BCUT2D eigenvalue weighted by molar-refractivity contribution is 7.88. The van der Waals surface area contributed by atoms with E-state index in [9.17, 15) is 18.0 Å². The van der Waals surface area contributed by atoms with Crippen LogP contribution in [0.5, 0.6) is 0 Å². The van der Waals surface area contributed by atoms with Gasteiger partial charge in [0.15, 0.2) is 6.61 Å². The summed E-state index contributed by atoms with van der Waals surface area (Å²) in [5.74, 6) is -1.23. The zero-order valence-electron chi connectivity index (χ0n) is 13.4. The van der Waals surface area contributed by atoms with Gasteiger partial charge in [-0.15, -0.1) is 0 Å². The number of halogens is 1. The van der Waals surface area contributed by atoms with E-state index in [4.69, 9.17) is 16.3 Å². The van der Waals surface area contributed by atoms with E-state index in [1.54, 1.807) is 18.2 Å². The normalized spacial score (nSPS) is 18.4. The van der Waals surface area contributed by atoms with Crippen molar-refractivity contribution in [2.75, 3.05) is 24.7 Å². The number of amides is 1. The quantitative estimate of drug-likeness (QED) is 0.789. The Kier molecular flexibility index (Phi) is 5.84. The van der Waals surface area contributed by atoms with Gasteiger partial charge >= 0.3 is 5.97 Å². The number of sulfonamides is 1. The molecule has 0 unspecified atom stereocenters. The van der Waals surface area contributed by atoms with Crippen molar-refractivity contribution in [3.63, 3.8) is 0 Å². The lowest BCUT2D eigenvalue weighted by molar-refractivity contribution is -0.150. The average Bonchev–Trinajstić information content (AvgIpc) is 2.98. The molecule has 0 aliphatic carbocycles. The second-order valence-electron chi connectivity index (χ2n) is 5.65. The molecule has 7 nitrogen and oxygen atoms in total. The van der Waals surface area contributed by atoms with Gasteiger partial charge in [-0.05, 0) is 37.5 Å². The van der Waals surface area contributed by atoms with Crippen molar-refractivity contribution in [2.45, 2.75) is 25.8 Å². The van der Waals surface area contributed by atoms with Crippen molar-refractivity contribution < 1.29 is 22.7 Å². The first-order valence-corrected chi connectivity index (χ1v) is 9.60. The molecule has 9 heteroatoms. The molecular weight excluding hydrogens is 356 g/mol. The molecule has 1 aliphatic rings. The highest BCUT2D eigenvalue weighted by Crippen LogP contribution is 2.22. The van der Waals surface area contributed by atoms with Crippen LogP contribution in [0.1, 0.15) is 18.4 Å². The maximum atomic E-state index is 12.0. The van der Waals surface area contributed by atoms with E-state index in [2.05, 4.69) is 5.32 Å². The van der Waals surface area contributed by atoms with Crippen molar-refractivity contribution >= 4 is 39.2 Å². The monoisotopic (exact) mass is 374 g/mol. The molecule has 1 atom stereocenters. The van der Waals surface area contributed by atoms with E-state index >= 15 is 0 Å². The number of anilines is 1. The third kappa shape index (κ3) is 4.68. The van der Waals surface area contributed by atoms with Gasteiger partial charge in [-0.2, -0.15) is 4.31 Å². The van der Waals surface area contributed by atoms with Crippen molar-refractivity contribution in [3.8, 4) is 0 Å². The summed E-state index contributed by atoms with van der Waals surface area (Å²) in [5, 5.41) is 3.08. The minimum Gasteiger partial charge on any atom is -0.454 e. The predicted molar refractivity (Wildman–Crippen MR) is 90.3 cm³/mol. The van der Waals surface area contributed by atoms with Crippen LogP contribution in [0.2, 0.25) is 5.02 Å². The van der Waals surface area contributed by atoms with E-state index in [0.717, 1.165) is 16.1 Å². The molecule has 1 heterocycles. The number of benzene rings is 1. The maximum Gasteiger partial charge on any atom is 0.324 e. The summed E-state index contributed by atoms with van der Waals surface area (Å²) >= 11 is 5.97. The summed E-state index contributed by atoms with van der Waals surface area (Å²) in [5.41, 5.74) is 1.37. The lowest BCUT2D eigenvalue weighted by Crippen LogP contribution is -2.41. The predicted octanol–water partition coefficient (Wildman–Crippen LogP) is 1.55. The van der Waals surface area contributed by atoms with E-state index in [1.807, 2.05) is 6.92 Å². The van der Waals surface area contributed by atoms with Gasteiger partial charge in [-0.3, -0.25) is 9.59 Å². The van der Waals surface area contributed by atoms with Gasteiger partial charge in [0.2, 0.25) is 10.0 Å². The zero-order chi connectivity index (χ0) is 17.9. The van der Waals surface area contributed by atoms with Crippen molar-refractivity contribution in [3.05, 3.63) is 28.8 Å². The number of nitrogens with one attached hydrogen (secondary N) is 1. The Hall–Kier alpha value is -1.64. The summed E-state index contributed by atoms with van der Waals surface area (Å²) in [6, 6.07) is 4.18. The van der Waals surface area contributed by atoms with Crippen LogP contribution in [0.3, 0.4) is 0 Å². The molecule has 2 rings (SSSR count). The lowest BCUT2D eigenvalue weighted by Gasteiger charge is -2.20. The zero-order valence-corrected chi connectivity index (χ0v) is 15.0. The molecule has 0 aromatic heterocycles. The number of ether oxygens (including phenoxy) is 1. The Morgan fingerprint density at radius 3 is 2.75 bits per heavy atom. The fourth-order valence-electron chi connectivity index (χ4n) is 2.47. The molecule has 24 heavy (non-hydrogen) atoms. The van der Waals surface area contributed by atoms with Gasteiger partial charge in [0.25, 0.3) is 5.91 Å². The highest BCUT2D eigenvalue weighted by atomic mass is 35.5. The van der Waals surface area contributed by atoms with Crippen LogP contribution in [0.4, 0.5) is 5.69 Å². The van der Waals surface area contributed by atoms with Crippen LogP contribution in [-0.2, 0) is 24.3 Å². The van der Waals surface area contributed by atoms with Gasteiger partial charge in [-0.1, -0.05) is 17.7 Å². The van der Waals surface area contributed by atoms with E-state index in [-0.39, 0.29) is 6.54 Å². The SMILES string of the molecule is Cc1ccc(NC(=O)COC(=O)[C@@H]2CCCN2S(C)(=O)=O)cc1Cl. The lowest BCUT2D eigenvalue weighted by atomic mass is 10.2. The number of hydrogen-bond donors (Lipinski definition) is 1. The van der Waals surface area contributed by atoms with Gasteiger partial charge < -0.3 is 10.1 Å². The summed E-state index contributed by atoms with van der Waals surface area (Å²) in [6.07, 6.45) is 2.02. The second-order valence-corrected chi connectivity index (χ2v) is 7.99. The van der Waals surface area contributed by atoms with Gasteiger partial charge in [0.1, 0.15) is 6.04 Å². The summed E-state index contributed by atoms with van der Waals surface area (Å²) < 4.78 is 29.3. The Bertz CT molecular complexity index is 750. The third-order valence-electron chi connectivity index (χ3n) is 3.70. The molecule has 132 valence electrons. The van der Waals surface area contributed by atoms with Crippen LogP contribution in [0.25, 0.3) is 0 Å². The molecule has 1 N–H and O–H groups in total. The molecule has 1 saturated heterocycles. The Morgan fingerprint density at radius 1 is 1.42 bits per heavy atom. The minimum absolute atomic E-state index is 0.284. The fraction of sp³-hybridized carbons (Fsp3) is 0.467. The fourth-order valence-corrected chi connectivity index (χ4v) is 3.77. The minimum atomic E-state index is -3.48. The van der Waals surface area contributed by atoms with Gasteiger partial charge in [0.05, 0.1) is 6.26 Å². The Labute approximate surface area is 146 Å². The number of rotatable bonds is 5.